The van der Waals surface area contributed by atoms with Gasteiger partial charge in [0.25, 0.3) is 0 Å². The lowest BCUT2D eigenvalue weighted by atomic mass is 10.0. The maximum Gasteiger partial charge on any atom is 0.220 e. The van der Waals surface area contributed by atoms with Gasteiger partial charge in [0, 0.05) is 25.6 Å². The second-order valence-electron chi connectivity index (χ2n) is 6.19. The first kappa shape index (κ1) is 15.0. The van der Waals surface area contributed by atoms with Crippen molar-refractivity contribution >= 4 is 11.6 Å². The van der Waals surface area contributed by atoms with Gasteiger partial charge in [-0.2, -0.15) is 0 Å². The molecule has 1 N–H and O–H groups in total. The molecule has 1 aliphatic rings. The fourth-order valence-corrected chi connectivity index (χ4v) is 3.26. The van der Waals surface area contributed by atoms with E-state index in [1.54, 1.807) is 0 Å². The minimum absolute atomic E-state index is 0.193. The number of aromatic nitrogens is 3. The van der Waals surface area contributed by atoms with Crippen LogP contribution in [0.2, 0.25) is 0 Å². The highest BCUT2D eigenvalue weighted by Crippen LogP contribution is 2.28. The number of hydrogen-bond acceptors (Lipinski definition) is 3. The predicted octanol–water partition coefficient (Wildman–Crippen LogP) is 2.75. The van der Waals surface area contributed by atoms with E-state index < -0.39 is 0 Å². The third-order valence-corrected chi connectivity index (χ3v) is 4.54. The molecule has 0 radical (unpaired) electrons. The Hall–Kier alpha value is -1.91. The maximum atomic E-state index is 11.8. The predicted molar refractivity (Wildman–Crippen MR) is 85.5 cm³/mol. The molecule has 118 valence electrons. The number of carbonyl (C=O) groups excluding carboxylic acids is 1. The number of nitrogens with zero attached hydrogens (tertiary/aromatic N) is 3. The van der Waals surface area contributed by atoms with Gasteiger partial charge in [0.05, 0.1) is 0 Å². The summed E-state index contributed by atoms with van der Waals surface area (Å²) in [7, 11) is 0. The van der Waals surface area contributed by atoms with Crippen LogP contribution in [0.25, 0.3) is 5.65 Å². The van der Waals surface area contributed by atoms with Crippen molar-refractivity contribution < 1.29 is 4.79 Å². The van der Waals surface area contributed by atoms with Crippen molar-refractivity contribution in [3.63, 3.8) is 0 Å². The molecular formula is C17H24N4O. The van der Waals surface area contributed by atoms with E-state index in [0.29, 0.717) is 13.0 Å². The standard InChI is InChI=1S/C17H24N4O/c22-17(11-10-14-6-1-2-7-14)18-12-5-9-16-20-19-15-8-3-4-13-21(15)16/h3-4,8,13-14H,1-2,5-7,9-12H2,(H,18,22). The Bertz CT molecular complexity index is 616. The van der Waals surface area contributed by atoms with Gasteiger partial charge in [-0.15, -0.1) is 10.2 Å². The zero-order valence-electron chi connectivity index (χ0n) is 13.0. The summed E-state index contributed by atoms with van der Waals surface area (Å²) in [6.07, 6.45) is 10.8. The maximum absolute atomic E-state index is 11.8. The topological polar surface area (TPSA) is 59.3 Å². The summed E-state index contributed by atoms with van der Waals surface area (Å²) in [5.41, 5.74) is 0.873. The number of hydrogen-bond donors (Lipinski definition) is 1. The molecule has 1 aliphatic carbocycles. The Balaban J connectivity index is 1.35. The van der Waals surface area contributed by atoms with E-state index in [0.717, 1.165) is 36.7 Å². The molecular weight excluding hydrogens is 276 g/mol. The Morgan fingerprint density at radius 3 is 3.00 bits per heavy atom. The molecule has 5 nitrogen and oxygen atoms in total. The second-order valence-corrected chi connectivity index (χ2v) is 6.19. The van der Waals surface area contributed by atoms with Crippen LogP contribution < -0.4 is 5.32 Å². The highest BCUT2D eigenvalue weighted by atomic mass is 16.1. The van der Waals surface area contributed by atoms with Crippen molar-refractivity contribution in [1.82, 2.24) is 19.9 Å². The van der Waals surface area contributed by atoms with Crippen LogP contribution in [0.15, 0.2) is 24.4 Å². The number of aryl methyl sites for hydroxylation is 1. The number of carbonyl (C=O) groups is 1. The molecule has 1 saturated carbocycles. The van der Waals surface area contributed by atoms with E-state index in [9.17, 15) is 4.79 Å². The summed E-state index contributed by atoms with van der Waals surface area (Å²) in [6, 6.07) is 5.88. The third-order valence-electron chi connectivity index (χ3n) is 4.54. The first-order chi connectivity index (χ1) is 10.8. The van der Waals surface area contributed by atoms with Crippen LogP contribution in [0.5, 0.6) is 0 Å². The number of amides is 1. The molecule has 22 heavy (non-hydrogen) atoms. The van der Waals surface area contributed by atoms with Crippen LogP contribution in [0.1, 0.15) is 50.8 Å². The minimum Gasteiger partial charge on any atom is -0.356 e. The van der Waals surface area contributed by atoms with Gasteiger partial charge in [0.2, 0.25) is 5.91 Å². The fourth-order valence-electron chi connectivity index (χ4n) is 3.26. The number of nitrogens with one attached hydrogen (secondary N) is 1. The normalized spacial score (nSPS) is 15.5. The van der Waals surface area contributed by atoms with E-state index in [1.165, 1.54) is 25.7 Å². The van der Waals surface area contributed by atoms with E-state index in [1.807, 2.05) is 28.8 Å². The largest absolute Gasteiger partial charge is 0.356 e. The number of pyridine rings is 1. The molecule has 0 saturated heterocycles. The number of fused-ring (bicyclic) bond motifs is 1. The monoisotopic (exact) mass is 300 g/mol. The molecule has 0 bridgehead atoms. The zero-order chi connectivity index (χ0) is 15.2. The van der Waals surface area contributed by atoms with Gasteiger partial charge < -0.3 is 5.32 Å². The van der Waals surface area contributed by atoms with Crippen LogP contribution in [0, 0.1) is 5.92 Å². The second kappa shape index (κ2) is 7.38. The fraction of sp³-hybridized carbons (Fsp3) is 0.588. The minimum atomic E-state index is 0.193. The van der Waals surface area contributed by atoms with E-state index in [-0.39, 0.29) is 5.91 Å². The molecule has 1 amide bonds. The lowest BCUT2D eigenvalue weighted by Crippen LogP contribution is -2.25. The molecule has 0 spiro atoms. The molecule has 1 fully saturated rings. The Kier molecular flexibility index (Phi) is 5.03. The smallest absolute Gasteiger partial charge is 0.220 e. The summed E-state index contributed by atoms with van der Waals surface area (Å²) < 4.78 is 2.00. The van der Waals surface area contributed by atoms with Crippen molar-refractivity contribution in [1.29, 1.82) is 0 Å². The van der Waals surface area contributed by atoms with Gasteiger partial charge in [-0.3, -0.25) is 9.20 Å². The van der Waals surface area contributed by atoms with Gasteiger partial charge in [-0.05, 0) is 30.9 Å². The van der Waals surface area contributed by atoms with Crippen molar-refractivity contribution in [2.75, 3.05) is 6.54 Å². The van der Waals surface area contributed by atoms with Crippen LogP contribution in [0.4, 0.5) is 0 Å². The summed E-state index contributed by atoms with van der Waals surface area (Å²) in [4.78, 5) is 11.8. The molecule has 5 heteroatoms. The summed E-state index contributed by atoms with van der Waals surface area (Å²) in [5, 5.41) is 11.4. The van der Waals surface area contributed by atoms with Crippen LogP contribution >= 0.6 is 0 Å². The van der Waals surface area contributed by atoms with Gasteiger partial charge in [0.1, 0.15) is 5.82 Å². The lowest BCUT2D eigenvalue weighted by molar-refractivity contribution is -0.121. The van der Waals surface area contributed by atoms with Crippen molar-refractivity contribution in [3.8, 4) is 0 Å². The first-order valence-corrected chi connectivity index (χ1v) is 8.38. The highest BCUT2D eigenvalue weighted by molar-refractivity contribution is 5.75. The summed E-state index contributed by atoms with van der Waals surface area (Å²) >= 11 is 0. The van der Waals surface area contributed by atoms with Crippen LogP contribution in [-0.4, -0.2) is 27.0 Å². The Morgan fingerprint density at radius 2 is 2.14 bits per heavy atom. The highest BCUT2D eigenvalue weighted by Gasteiger charge is 2.15. The van der Waals surface area contributed by atoms with Crippen LogP contribution in [-0.2, 0) is 11.2 Å². The quantitative estimate of drug-likeness (QED) is 0.800. The van der Waals surface area contributed by atoms with E-state index in [2.05, 4.69) is 15.5 Å². The Labute approximate surface area is 131 Å². The lowest BCUT2D eigenvalue weighted by Gasteiger charge is -2.08. The molecule has 0 unspecified atom stereocenters. The summed E-state index contributed by atoms with van der Waals surface area (Å²) in [5.74, 6) is 1.93. The summed E-state index contributed by atoms with van der Waals surface area (Å²) in [6.45, 7) is 0.714. The van der Waals surface area contributed by atoms with E-state index >= 15 is 0 Å². The molecule has 3 rings (SSSR count). The third kappa shape index (κ3) is 3.84. The average Bonchev–Trinajstić information content (AvgIpc) is 3.19. The molecule has 0 aliphatic heterocycles. The zero-order valence-corrected chi connectivity index (χ0v) is 13.0. The molecule has 2 aromatic rings. The van der Waals surface area contributed by atoms with Crippen molar-refractivity contribution in [2.45, 2.75) is 51.4 Å². The van der Waals surface area contributed by atoms with Crippen molar-refractivity contribution in [3.05, 3.63) is 30.2 Å². The van der Waals surface area contributed by atoms with Gasteiger partial charge in [-0.1, -0.05) is 31.7 Å². The average molecular weight is 300 g/mol. The SMILES string of the molecule is O=C(CCC1CCCC1)NCCCc1nnc2ccccn12. The molecule has 2 aromatic heterocycles. The Morgan fingerprint density at radius 1 is 1.27 bits per heavy atom. The number of rotatable bonds is 7. The van der Waals surface area contributed by atoms with Gasteiger partial charge in [0.15, 0.2) is 5.65 Å². The first-order valence-electron chi connectivity index (χ1n) is 8.38. The molecule has 2 heterocycles. The van der Waals surface area contributed by atoms with Crippen LogP contribution in [0.3, 0.4) is 0 Å². The molecule has 0 aromatic carbocycles. The molecule has 0 atom stereocenters. The van der Waals surface area contributed by atoms with Gasteiger partial charge >= 0.3 is 0 Å². The van der Waals surface area contributed by atoms with Gasteiger partial charge in [-0.25, -0.2) is 0 Å². The van der Waals surface area contributed by atoms with E-state index in [4.69, 9.17) is 0 Å². The van der Waals surface area contributed by atoms with Crippen molar-refractivity contribution in [2.24, 2.45) is 5.92 Å².